The number of aliphatic hydroxyl groups excluding tert-OH is 1. The van der Waals surface area contributed by atoms with Crippen LogP contribution in [0.15, 0.2) is 79.1 Å². The van der Waals surface area contributed by atoms with Crippen LogP contribution in [0.25, 0.3) is 0 Å². The van der Waals surface area contributed by atoms with Crippen molar-refractivity contribution in [2.24, 2.45) is 5.92 Å². The fraction of sp³-hybridized carbons (Fsp3) is 0.500. The molecule has 2 aromatic carbocycles. The minimum Gasteiger partial charge on any atom is -0.512 e. The average molecular weight is 947 g/mol. The summed E-state index contributed by atoms with van der Waals surface area (Å²) in [5, 5.41) is 47.3. The third kappa shape index (κ3) is 19.0. The normalized spacial score (nSPS) is 17.8. The number of carbonyl (C=O) groups is 8. The van der Waals surface area contributed by atoms with Crippen LogP contribution in [0.4, 0.5) is 0 Å². The van der Waals surface area contributed by atoms with Gasteiger partial charge in [-0.2, -0.15) is 0 Å². The molecule has 0 aromatic heterocycles. The number of aliphatic carboxylic acids is 3. The van der Waals surface area contributed by atoms with Crippen LogP contribution in [-0.2, 0) is 46.4 Å². The SMILES string of the molecule is C=C(O)CN1CCN(CC(C)C)CCN(CC(=O)O)C(Cc2ccc(C(=O)NC(Cc3ccccc3)C(=O)NCC(=O)NC(CCCCN3C(=O)C=CC3=O)C(=O)O)cc2)CN(CC(=O)O)CC1. The maximum atomic E-state index is 13.7. The lowest BCUT2D eigenvalue weighted by Crippen LogP contribution is -2.53. The number of carboxylic acids is 3. The lowest BCUT2D eigenvalue weighted by atomic mass is 10.0. The predicted molar refractivity (Wildman–Crippen MR) is 250 cm³/mol. The fourth-order valence-corrected chi connectivity index (χ4v) is 8.20. The van der Waals surface area contributed by atoms with Crippen molar-refractivity contribution in [3.05, 3.63) is 95.8 Å². The Morgan fingerprint density at radius 1 is 0.706 bits per heavy atom. The van der Waals surface area contributed by atoms with Gasteiger partial charge in [-0.1, -0.05) is 62.9 Å². The second-order valence-electron chi connectivity index (χ2n) is 17.6. The molecule has 20 heteroatoms. The summed E-state index contributed by atoms with van der Waals surface area (Å²) in [7, 11) is 0. The average Bonchev–Trinajstić information content (AvgIpc) is 3.60. The van der Waals surface area contributed by atoms with Gasteiger partial charge >= 0.3 is 17.9 Å². The quantitative estimate of drug-likeness (QED) is 0.0437. The Morgan fingerprint density at radius 2 is 1.32 bits per heavy atom. The van der Waals surface area contributed by atoms with Crippen LogP contribution < -0.4 is 16.0 Å². The highest BCUT2D eigenvalue weighted by Gasteiger charge is 2.29. The highest BCUT2D eigenvalue weighted by Crippen LogP contribution is 2.16. The second-order valence-corrected chi connectivity index (χ2v) is 17.6. The van der Waals surface area contributed by atoms with Gasteiger partial charge in [-0.3, -0.25) is 53.2 Å². The monoisotopic (exact) mass is 946 g/mol. The van der Waals surface area contributed by atoms with E-state index in [-0.39, 0.29) is 63.3 Å². The number of unbranched alkanes of at least 4 members (excludes halogenated alkanes) is 1. The summed E-state index contributed by atoms with van der Waals surface area (Å²) in [6, 6.07) is 12.6. The topological polar surface area (TPSA) is 270 Å². The predicted octanol–water partition coefficient (Wildman–Crippen LogP) is 0.838. The van der Waals surface area contributed by atoms with Crippen molar-refractivity contribution in [1.29, 1.82) is 0 Å². The Balaban J connectivity index is 1.46. The van der Waals surface area contributed by atoms with Crippen molar-refractivity contribution in [2.45, 2.75) is 64.1 Å². The van der Waals surface area contributed by atoms with Crippen molar-refractivity contribution < 1.29 is 58.8 Å². The van der Waals surface area contributed by atoms with Crippen LogP contribution in [0.1, 0.15) is 54.6 Å². The third-order valence-corrected chi connectivity index (χ3v) is 11.6. The minimum absolute atomic E-state index is 0.000410. The van der Waals surface area contributed by atoms with E-state index >= 15 is 0 Å². The Morgan fingerprint density at radius 3 is 1.93 bits per heavy atom. The van der Waals surface area contributed by atoms with Gasteiger partial charge in [-0.05, 0) is 54.9 Å². The molecule has 7 N–H and O–H groups in total. The lowest BCUT2D eigenvalue weighted by molar-refractivity contribution is -0.142. The van der Waals surface area contributed by atoms with Crippen LogP contribution in [-0.4, -0.2) is 196 Å². The molecule has 2 heterocycles. The highest BCUT2D eigenvalue weighted by atomic mass is 16.4. The first kappa shape index (κ1) is 54.1. The molecule has 0 spiro atoms. The largest absolute Gasteiger partial charge is 0.512 e. The number of nitrogens with one attached hydrogen (secondary N) is 3. The van der Waals surface area contributed by atoms with E-state index in [4.69, 9.17) is 0 Å². The summed E-state index contributed by atoms with van der Waals surface area (Å²) in [4.78, 5) is 109. The first-order valence-electron chi connectivity index (χ1n) is 22.8. The number of benzene rings is 2. The number of aliphatic hydroxyl groups is 1. The Kier molecular flexibility index (Phi) is 21.8. The molecule has 370 valence electrons. The van der Waals surface area contributed by atoms with E-state index < -0.39 is 72.1 Å². The molecule has 3 atom stereocenters. The molecule has 0 bridgehead atoms. The molecule has 5 amide bonds. The smallest absolute Gasteiger partial charge is 0.326 e. The molecular formula is C48H66N8O12. The molecule has 0 saturated carbocycles. The summed E-state index contributed by atoms with van der Waals surface area (Å²) in [5.41, 5.74) is 1.67. The number of carbonyl (C=O) groups excluding carboxylic acids is 5. The molecule has 68 heavy (non-hydrogen) atoms. The first-order chi connectivity index (χ1) is 32.4. The maximum absolute atomic E-state index is 13.7. The summed E-state index contributed by atoms with van der Waals surface area (Å²) in [5.74, 6) is -6.00. The van der Waals surface area contributed by atoms with E-state index in [1.54, 1.807) is 59.5 Å². The molecule has 3 unspecified atom stereocenters. The number of hydrogen-bond donors (Lipinski definition) is 7. The van der Waals surface area contributed by atoms with E-state index in [0.717, 1.165) is 29.2 Å². The molecule has 0 radical (unpaired) electrons. The van der Waals surface area contributed by atoms with Gasteiger partial charge in [0.2, 0.25) is 11.8 Å². The number of amides is 5. The standard InChI is InChI=1S/C48H66N8O12/c1-33(2)28-52-19-20-53(29-34(3)57)21-22-54(31-44(61)62)30-38(55(24-23-52)32-45(63)64)25-36-12-14-37(15-13-36)46(65)51-40(26-35-9-5-4-6-10-35)47(66)49-27-41(58)50-39(48(67)68)11-7-8-18-56-42(59)16-17-43(56)60/h4-6,9-10,12-17,33,38-40,57H,3,7-8,11,18-32H2,1-2H3,(H,49,66)(H,50,58)(H,51,65)(H,61,62)(H,63,64)(H,67,68). The number of imide groups is 1. The maximum Gasteiger partial charge on any atom is 0.326 e. The number of hydrogen-bond acceptors (Lipinski definition) is 13. The van der Waals surface area contributed by atoms with Gasteiger partial charge < -0.3 is 41.3 Å². The molecule has 1 saturated heterocycles. The van der Waals surface area contributed by atoms with Crippen LogP contribution in [0, 0.1) is 5.92 Å². The van der Waals surface area contributed by atoms with Gasteiger partial charge in [0.25, 0.3) is 17.7 Å². The van der Waals surface area contributed by atoms with Gasteiger partial charge in [0, 0.05) is 89.1 Å². The molecule has 2 aliphatic heterocycles. The van der Waals surface area contributed by atoms with Gasteiger partial charge in [0.15, 0.2) is 0 Å². The molecular weight excluding hydrogens is 881 g/mol. The van der Waals surface area contributed by atoms with Gasteiger partial charge in [-0.15, -0.1) is 0 Å². The first-order valence-corrected chi connectivity index (χ1v) is 22.8. The summed E-state index contributed by atoms with van der Waals surface area (Å²) in [6.07, 6.45) is 3.30. The zero-order valence-corrected chi connectivity index (χ0v) is 38.9. The van der Waals surface area contributed by atoms with Crippen molar-refractivity contribution in [3.8, 4) is 0 Å². The minimum atomic E-state index is -1.30. The summed E-state index contributed by atoms with van der Waals surface area (Å²) in [6.45, 7) is 11.0. The van der Waals surface area contributed by atoms with Crippen LogP contribution in [0.2, 0.25) is 0 Å². The van der Waals surface area contributed by atoms with E-state index in [0.29, 0.717) is 63.6 Å². The van der Waals surface area contributed by atoms with Crippen molar-refractivity contribution in [3.63, 3.8) is 0 Å². The molecule has 1 fully saturated rings. The highest BCUT2D eigenvalue weighted by molar-refractivity contribution is 6.12. The van der Waals surface area contributed by atoms with E-state index in [1.807, 2.05) is 9.80 Å². The second kappa shape index (κ2) is 27.4. The van der Waals surface area contributed by atoms with E-state index in [9.17, 15) is 58.8 Å². The number of carboxylic acid groups (broad SMARTS) is 3. The number of rotatable bonds is 24. The fourth-order valence-electron chi connectivity index (χ4n) is 8.20. The van der Waals surface area contributed by atoms with Gasteiger partial charge in [0.1, 0.15) is 12.1 Å². The lowest BCUT2D eigenvalue weighted by Gasteiger charge is -2.38. The van der Waals surface area contributed by atoms with Crippen LogP contribution in [0.5, 0.6) is 0 Å². The number of nitrogens with zero attached hydrogens (tertiary/aromatic N) is 5. The molecule has 2 aromatic rings. The Bertz CT molecular complexity index is 2080. The van der Waals surface area contributed by atoms with Crippen LogP contribution >= 0.6 is 0 Å². The molecule has 4 rings (SSSR count). The third-order valence-electron chi connectivity index (χ3n) is 11.6. The van der Waals surface area contributed by atoms with Gasteiger partial charge in [-0.25, -0.2) is 4.79 Å². The summed E-state index contributed by atoms with van der Waals surface area (Å²) >= 11 is 0. The van der Waals surface area contributed by atoms with E-state index in [2.05, 4.69) is 41.3 Å². The zero-order valence-electron chi connectivity index (χ0n) is 38.9. The Hall–Kier alpha value is -6.48. The van der Waals surface area contributed by atoms with Gasteiger partial charge in [0.05, 0.1) is 31.9 Å². The van der Waals surface area contributed by atoms with Crippen LogP contribution in [0.3, 0.4) is 0 Å². The zero-order chi connectivity index (χ0) is 49.8. The van der Waals surface area contributed by atoms with Crippen molar-refractivity contribution >= 4 is 47.4 Å². The molecule has 2 aliphatic rings. The van der Waals surface area contributed by atoms with E-state index in [1.165, 1.54) is 0 Å². The Labute approximate surface area is 396 Å². The van der Waals surface area contributed by atoms with Crippen molar-refractivity contribution in [2.75, 3.05) is 85.1 Å². The molecule has 20 nitrogen and oxygen atoms in total. The summed E-state index contributed by atoms with van der Waals surface area (Å²) < 4.78 is 0. The molecule has 0 aliphatic carbocycles. The van der Waals surface area contributed by atoms with Crippen molar-refractivity contribution in [1.82, 2.24) is 40.4 Å².